The van der Waals surface area contributed by atoms with E-state index in [0.29, 0.717) is 25.6 Å². The first-order valence-electron chi connectivity index (χ1n) is 6.49. The van der Waals surface area contributed by atoms with E-state index in [-0.39, 0.29) is 5.91 Å². The Bertz CT molecular complexity index is 403. The van der Waals surface area contributed by atoms with Gasteiger partial charge in [-0.1, -0.05) is 18.2 Å². The highest BCUT2D eigenvalue weighted by Gasteiger charge is 2.22. The maximum atomic E-state index is 11.5. The van der Waals surface area contributed by atoms with Crippen molar-refractivity contribution >= 4 is 5.91 Å². The number of nitrogens with one attached hydrogen (secondary N) is 1. The molecule has 0 aromatic heterocycles. The van der Waals surface area contributed by atoms with Crippen LogP contribution in [-0.2, 0) is 11.2 Å². The van der Waals surface area contributed by atoms with Crippen molar-refractivity contribution in [3.8, 4) is 5.75 Å². The van der Waals surface area contributed by atoms with E-state index < -0.39 is 0 Å². The van der Waals surface area contributed by atoms with E-state index in [1.807, 2.05) is 24.3 Å². The predicted octanol–water partition coefficient (Wildman–Crippen LogP) is 1.24. The quantitative estimate of drug-likeness (QED) is 0.763. The van der Waals surface area contributed by atoms with E-state index >= 15 is 0 Å². The Labute approximate surface area is 108 Å². The van der Waals surface area contributed by atoms with Gasteiger partial charge in [0.25, 0.3) is 0 Å². The molecular weight excluding hydrogens is 228 g/mol. The lowest BCUT2D eigenvalue weighted by molar-refractivity contribution is -0.121. The highest BCUT2D eigenvalue weighted by Crippen LogP contribution is 2.19. The molecule has 0 radical (unpaired) electrons. The minimum atomic E-state index is 0.0776. The molecule has 1 saturated carbocycles. The first kappa shape index (κ1) is 12.9. The van der Waals surface area contributed by atoms with E-state index in [1.165, 1.54) is 0 Å². The number of hydrogen-bond acceptors (Lipinski definition) is 3. The number of carbonyl (C=O) groups excluding carboxylic acids is 1. The average Bonchev–Trinajstić information content (AvgIpc) is 3.15. The normalized spacial score (nSPS) is 14.3. The highest BCUT2D eigenvalue weighted by molar-refractivity contribution is 5.76. The topological polar surface area (TPSA) is 64.3 Å². The molecule has 0 atom stereocenters. The van der Waals surface area contributed by atoms with Gasteiger partial charge in [-0.25, -0.2) is 0 Å². The minimum Gasteiger partial charge on any atom is -0.493 e. The second-order valence-corrected chi connectivity index (χ2v) is 4.59. The van der Waals surface area contributed by atoms with Gasteiger partial charge in [0.1, 0.15) is 5.75 Å². The van der Waals surface area contributed by atoms with Crippen molar-refractivity contribution in [2.75, 3.05) is 13.2 Å². The van der Waals surface area contributed by atoms with Gasteiger partial charge in [-0.15, -0.1) is 0 Å². The van der Waals surface area contributed by atoms with Crippen molar-refractivity contribution in [3.63, 3.8) is 0 Å². The van der Waals surface area contributed by atoms with Crippen LogP contribution in [0.2, 0.25) is 0 Å². The fraction of sp³-hybridized carbons (Fsp3) is 0.500. The predicted molar refractivity (Wildman–Crippen MR) is 70.5 cm³/mol. The largest absolute Gasteiger partial charge is 0.493 e. The molecule has 1 aliphatic rings. The third-order valence-electron chi connectivity index (χ3n) is 2.92. The molecule has 0 heterocycles. The van der Waals surface area contributed by atoms with E-state index in [1.54, 1.807) is 0 Å². The summed E-state index contributed by atoms with van der Waals surface area (Å²) in [7, 11) is 0. The van der Waals surface area contributed by atoms with Gasteiger partial charge >= 0.3 is 0 Å². The maximum absolute atomic E-state index is 11.5. The van der Waals surface area contributed by atoms with Crippen molar-refractivity contribution in [2.45, 2.75) is 31.7 Å². The van der Waals surface area contributed by atoms with Crippen molar-refractivity contribution in [2.24, 2.45) is 5.73 Å². The van der Waals surface area contributed by atoms with Crippen molar-refractivity contribution < 1.29 is 9.53 Å². The Morgan fingerprint density at radius 2 is 2.17 bits per heavy atom. The summed E-state index contributed by atoms with van der Waals surface area (Å²) in [5.74, 6) is 0.913. The van der Waals surface area contributed by atoms with Gasteiger partial charge in [-0.2, -0.15) is 0 Å². The van der Waals surface area contributed by atoms with Gasteiger partial charge < -0.3 is 15.8 Å². The van der Waals surface area contributed by atoms with Gasteiger partial charge in [0.2, 0.25) is 5.91 Å². The summed E-state index contributed by atoms with van der Waals surface area (Å²) in [5.41, 5.74) is 6.65. The van der Waals surface area contributed by atoms with Gasteiger partial charge in [0.15, 0.2) is 0 Å². The molecule has 0 spiro atoms. The number of nitrogens with two attached hydrogens (primary N) is 1. The second-order valence-electron chi connectivity index (χ2n) is 4.59. The van der Waals surface area contributed by atoms with Crippen molar-refractivity contribution in [3.05, 3.63) is 29.8 Å². The molecular formula is C14H20N2O2. The van der Waals surface area contributed by atoms with E-state index in [0.717, 1.165) is 30.6 Å². The summed E-state index contributed by atoms with van der Waals surface area (Å²) < 4.78 is 5.65. The minimum absolute atomic E-state index is 0.0776. The molecule has 1 aliphatic carbocycles. The number of para-hydroxylation sites is 1. The molecule has 3 N–H and O–H groups in total. The van der Waals surface area contributed by atoms with Crippen molar-refractivity contribution in [1.82, 2.24) is 5.32 Å². The maximum Gasteiger partial charge on any atom is 0.223 e. The third kappa shape index (κ3) is 4.04. The van der Waals surface area contributed by atoms with Crippen LogP contribution in [0.1, 0.15) is 24.8 Å². The zero-order valence-corrected chi connectivity index (χ0v) is 10.5. The summed E-state index contributed by atoms with van der Waals surface area (Å²) in [6.45, 7) is 1.02. The van der Waals surface area contributed by atoms with Crippen LogP contribution in [-0.4, -0.2) is 25.1 Å². The zero-order valence-electron chi connectivity index (χ0n) is 10.5. The molecule has 0 aliphatic heterocycles. The van der Waals surface area contributed by atoms with Gasteiger partial charge in [0.05, 0.1) is 13.0 Å². The second kappa shape index (κ2) is 6.40. The van der Waals surface area contributed by atoms with E-state index in [2.05, 4.69) is 5.32 Å². The van der Waals surface area contributed by atoms with Crippen LogP contribution in [0.25, 0.3) is 0 Å². The lowest BCUT2D eigenvalue weighted by atomic mass is 10.1. The van der Waals surface area contributed by atoms with Crippen LogP contribution >= 0.6 is 0 Å². The molecule has 0 unspecified atom stereocenters. The monoisotopic (exact) mass is 248 g/mol. The molecule has 18 heavy (non-hydrogen) atoms. The summed E-state index contributed by atoms with van der Waals surface area (Å²) in [6.07, 6.45) is 3.44. The lowest BCUT2D eigenvalue weighted by Crippen LogP contribution is -2.26. The summed E-state index contributed by atoms with van der Waals surface area (Å²) >= 11 is 0. The lowest BCUT2D eigenvalue weighted by Gasteiger charge is -2.10. The molecule has 1 amide bonds. The molecule has 4 heteroatoms. The standard InChI is InChI=1S/C14H20N2O2/c15-9-7-11-3-1-2-4-13(11)18-10-8-14(17)16-12-5-6-12/h1-4,12H,5-10,15H2,(H,16,17). The third-order valence-corrected chi connectivity index (χ3v) is 2.92. The molecule has 1 fully saturated rings. The molecule has 4 nitrogen and oxygen atoms in total. The van der Waals surface area contributed by atoms with Crippen molar-refractivity contribution in [1.29, 1.82) is 0 Å². The summed E-state index contributed by atoms with van der Waals surface area (Å²) in [4.78, 5) is 11.5. The first-order chi connectivity index (χ1) is 8.79. The molecule has 2 rings (SSSR count). The van der Waals surface area contributed by atoms with Crippen LogP contribution in [0.4, 0.5) is 0 Å². The highest BCUT2D eigenvalue weighted by atomic mass is 16.5. The molecule has 0 bridgehead atoms. The number of benzene rings is 1. The Balaban J connectivity index is 1.76. The molecule has 98 valence electrons. The van der Waals surface area contributed by atoms with E-state index in [4.69, 9.17) is 10.5 Å². The number of amides is 1. The average molecular weight is 248 g/mol. The Morgan fingerprint density at radius 3 is 2.89 bits per heavy atom. The van der Waals surface area contributed by atoms with Crippen LogP contribution in [0.15, 0.2) is 24.3 Å². The smallest absolute Gasteiger partial charge is 0.223 e. The molecule has 0 saturated heterocycles. The summed E-state index contributed by atoms with van der Waals surface area (Å²) in [6, 6.07) is 8.25. The van der Waals surface area contributed by atoms with Gasteiger partial charge in [-0.3, -0.25) is 4.79 Å². The summed E-state index contributed by atoms with van der Waals surface area (Å²) in [5, 5.41) is 2.94. The number of carbonyl (C=O) groups is 1. The van der Waals surface area contributed by atoms with Crippen LogP contribution in [0.5, 0.6) is 5.75 Å². The van der Waals surface area contributed by atoms with Crippen LogP contribution in [0.3, 0.4) is 0 Å². The first-order valence-corrected chi connectivity index (χ1v) is 6.49. The zero-order chi connectivity index (χ0) is 12.8. The fourth-order valence-electron chi connectivity index (χ4n) is 1.79. The number of hydrogen-bond donors (Lipinski definition) is 2. The van der Waals surface area contributed by atoms with Gasteiger partial charge in [0, 0.05) is 6.04 Å². The SMILES string of the molecule is NCCc1ccccc1OCCC(=O)NC1CC1. The van der Waals surface area contributed by atoms with Crippen LogP contribution in [0, 0.1) is 0 Å². The number of ether oxygens (including phenoxy) is 1. The van der Waals surface area contributed by atoms with Crippen LogP contribution < -0.4 is 15.8 Å². The van der Waals surface area contributed by atoms with E-state index in [9.17, 15) is 4.79 Å². The molecule has 1 aromatic carbocycles. The Kier molecular flexibility index (Phi) is 4.59. The van der Waals surface area contributed by atoms with Gasteiger partial charge in [-0.05, 0) is 37.4 Å². The fourth-order valence-corrected chi connectivity index (χ4v) is 1.79. The Morgan fingerprint density at radius 1 is 1.39 bits per heavy atom. The Hall–Kier alpha value is -1.55. The number of rotatable bonds is 7. The molecule has 1 aromatic rings.